The van der Waals surface area contributed by atoms with Crippen molar-refractivity contribution in [1.82, 2.24) is 4.90 Å². The quantitative estimate of drug-likeness (QED) is 0.489. The Balaban J connectivity index is 3.12. The molecule has 20 heavy (non-hydrogen) atoms. The zero-order chi connectivity index (χ0) is 15.7. The minimum atomic E-state index is -4.71. The summed E-state index contributed by atoms with van der Waals surface area (Å²) in [7, 11) is 0.745. The Bertz CT molecular complexity index is 559. The second-order valence-electron chi connectivity index (χ2n) is 3.82. The second kappa shape index (κ2) is 5.39. The Hall–Kier alpha value is -2.26. The van der Waals surface area contributed by atoms with Gasteiger partial charge in [-0.1, -0.05) is 0 Å². The summed E-state index contributed by atoms with van der Waals surface area (Å²) >= 11 is 0. The van der Waals surface area contributed by atoms with Gasteiger partial charge >= 0.3 is 11.9 Å². The summed E-state index contributed by atoms with van der Waals surface area (Å²) in [6.07, 6.45) is -4.71. The number of carbonyl (C=O) groups excluding carboxylic acids is 1. The number of benzene rings is 1. The highest BCUT2D eigenvalue weighted by Crippen LogP contribution is 2.23. The largest absolute Gasteiger partial charge is 0.406 e. The Kier molecular flexibility index (Phi) is 4.26. The molecule has 0 aromatic heterocycles. The smallest absolute Gasteiger partial charge is 0.333 e. The highest BCUT2D eigenvalue weighted by Gasteiger charge is 2.33. The Morgan fingerprint density at radius 1 is 1.30 bits per heavy atom. The number of amides is 1. The van der Waals surface area contributed by atoms with E-state index in [4.69, 9.17) is 0 Å². The monoisotopic (exact) mass is 298 g/mol. The van der Waals surface area contributed by atoms with E-state index in [1.165, 1.54) is 0 Å². The minimum Gasteiger partial charge on any atom is -0.333 e. The van der Waals surface area contributed by atoms with Crippen molar-refractivity contribution in [2.45, 2.75) is 6.18 Å². The molecule has 110 valence electrons. The van der Waals surface area contributed by atoms with Gasteiger partial charge in [-0.05, 0) is 6.07 Å². The fourth-order valence-corrected chi connectivity index (χ4v) is 1.39. The Morgan fingerprint density at radius 3 is 2.30 bits per heavy atom. The number of nitro groups is 1. The van der Waals surface area contributed by atoms with Crippen LogP contribution in [-0.4, -0.2) is 35.5 Å². The molecule has 0 heterocycles. The van der Waals surface area contributed by atoms with Gasteiger partial charge in [0.1, 0.15) is 12.4 Å². The average molecular weight is 298 g/mol. The van der Waals surface area contributed by atoms with Crippen LogP contribution < -0.4 is 0 Å². The highest BCUT2D eigenvalue weighted by atomic mass is 19.4. The molecule has 0 spiro atoms. The average Bonchev–Trinajstić information content (AvgIpc) is 2.28. The van der Waals surface area contributed by atoms with Crippen molar-refractivity contribution in [2.75, 3.05) is 13.6 Å². The number of alkyl halides is 3. The van der Waals surface area contributed by atoms with Crippen LogP contribution in [0.4, 0.5) is 27.6 Å². The maximum Gasteiger partial charge on any atom is 0.406 e. The number of halogens is 5. The summed E-state index contributed by atoms with van der Waals surface area (Å²) in [5.74, 6) is -4.43. The van der Waals surface area contributed by atoms with E-state index in [1.807, 2.05) is 0 Å². The van der Waals surface area contributed by atoms with E-state index in [1.54, 1.807) is 0 Å². The van der Waals surface area contributed by atoms with Crippen molar-refractivity contribution in [3.05, 3.63) is 39.4 Å². The van der Waals surface area contributed by atoms with E-state index in [2.05, 4.69) is 0 Å². The molecule has 10 heteroatoms. The summed E-state index contributed by atoms with van der Waals surface area (Å²) in [6, 6.07) is 0.340. The van der Waals surface area contributed by atoms with Gasteiger partial charge in [0.25, 0.3) is 5.91 Å². The lowest BCUT2D eigenvalue weighted by atomic mass is 10.1. The lowest BCUT2D eigenvalue weighted by Gasteiger charge is -2.19. The van der Waals surface area contributed by atoms with E-state index in [0.29, 0.717) is 0 Å². The zero-order valence-electron chi connectivity index (χ0n) is 9.87. The summed E-state index contributed by atoms with van der Waals surface area (Å²) in [5, 5.41) is 10.3. The third-order valence-electron chi connectivity index (χ3n) is 2.23. The molecule has 0 aliphatic heterocycles. The molecule has 0 saturated heterocycles. The van der Waals surface area contributed by atoms with Gasteiger partial charge in [0.15, 0.2) is 0 Å². The normalized spacial score (nSPS) is 11.3. The van der Waals surface area contributed by atoms with Gasteiger partial charge in [0.05, 0.1) is 16.6 Å². The van der Waals surface area contributed by atoms with Crippen LogP contribution in [0, 0.1) is 21.7 Å². The molecule has 0 aliphatic rings. The summed E-state index contributed by atoms with van der Waals surface area (Å²) in [6.45, 7) is -1.66. The fraction of sp³-hybridized carbons (Fsp3) is 0.300. The third kappa shape index (κ3) is 3.62. The van der Waals surface area contributed by atoms with E-state index in [9.17, 15) is 36.9 Å². The molecule has 5 nitrogen and oxygen atoms in total. The molecule has 0 unspecified atom stereocenters. The van der Waals surface area contributed by atoms with Crippen molar-refractivity contribution in [3.8, 4) is 0 Å². The van der Waals surface area contributed by atoms with Gasteiger partial charge < -0.3 is 4.90 Å². The summed E-state index contributed by atoms with van der Waals surface area (Å²) in [4.78, 5) is 20.8. The van der Waals surface area contributed by atoms with Crippen molar-refractivity contribution < 1.29 is 31.7 Å². The lowest BCUT2D eigenvalue weighted by molar-refractivity contribution is -0.387. The third-order valence-corrected chi connectivity index (χ3v) is 2.23. The molecule has 1 amide bonds. The van der Waals surface area contributed by atoms with Crippen LogP contribution in [0.25, 0.3) is 0 Å². The van der Waals surface area contributed by atoms with Crippen LogP contribution >= 0.6 is 0 Å². The molecule has 1 aromatic rings. The Morgan fingerprint density at radius 2 is 1.85 bits per heavy atom. The van der Waals surface area contributed by atoms with Gasteiger partial charge in [-0.15, -0.1) is 0 Å². The van der Waals surface area contributed by atoms with Crippen LogP contribution in [-0.2, 0) is 0 Å². The van der Waals surface area contributed by atoms with E-state index in [0.717, 1.165) is 7.05 Å². The van der Waals surface area contributed by atoms with Crippen molar-refractivity contribution >= 4 is 11.6 Å². The molecular formula is C10H7F5N2O3. The minimum absolute atomic E-state index is 0.129. The number of carbonyl (C=O) groups is 1. The first kappa shape index (κ1) is 15.8. The van der Waals surface area contributed by atoms with Gasteiger partial charge in [-0.3, -0.25) is 14.9 Å². The number of hydrogen-bond donors (Lipinski definition) is 0. The SMILES string of the molecule is CN(CC(F)(F)F)C(=O)c1cc(F)c([N+](=O)[O-])cc1F. The Labute approximate surface area is 108 Å². The molecule has 1 rings (SSSR count). The van der Waals surface area contributed by atoms with Crippen LogP contribution in [0.3, 0.4) is 0 Å². The topological polar surface area (TPSA) is 63.5 Å². The first-order chi connectivity index (χ1) is 9.03. The standard InChI is InChI=1S/C10H7F5N2O3/c1-16(4-10(13,14)15)9(18)5-2-7(12)8(17(19)20)3-6(5)11/h2-3H,4H2,1H3. The maximum absolute atomic E-state index is 13.4. The predicted octanol–water partition coefficient (Wildman–Crippen LogP) is 2.51. The second-order valence-corrected chi connectivity index (χ2v) is 3.82. The number of hydrogen-bond acceptors (Lipinski definition) is 3. The van der Waals surface area contributed by atoms with Gasteiger partial charge in [-0.25, -0.2) is 4.39 Å². The van der Waals surface area contributed by atoms with E-state index >= 15 is 0 Å². The number of nitro benzene ring substituents is 1. The molecule has 0 fully saturated rings. The van der Waals surface area contributed by atoms with Crippen LogP contribution in [0.1, 0.15) is 10.4 Å². The molecule has 0 aliphatic carbocycles. The zero-order valence-corrected chi connectivity index (χ0v) is 9.87. The molecule has 1 aromatic carbocycles. The molecule has 0 saturated carbocycles. The molecule has 0 radical (unpaired) electrons. The first-order valence-corrected chi connectivity index (χ1v) is 4.98. The number of nitrogens with zero attached hydrogens (tertiary/aromatic N) is 2. The van der Waals surface area contributed by atoms with E-state index < -0.39 is 46.4 Å². The molecular weight excluding hydrogens is 291 g/mol. The van der Waals surface area contributed by atoms with Crippen molar-refractivity contribution in [2.24, 2.45) is 0 Å². The van der Waals surface area contributed by atoms with Crippen molar-refractivity contribution in [1.29, 1.82) is 0 Å². The molecule has 0 bridgehead atoms. The molecule has 0 atom stereocenters. The molecule has 0 N–H and O–H groups in total. The van der Waals surface area contributed by atoms with Crippen LogP contribution in [0.15, 0.2) is 12.1 Å². The number of rotatable bonds is 3. The van der Waals surface area contributed by atoms with Gasteiger partial charge in [0.2, 0.25) is 5.82 Å². The predicted molar refractivity (Wildman–Crippen MR) is 56.0 cm³/mol. The van der Waals surface area contributed by atoms with Crippen LogP contribution in [0.2, 0.25) is 0 Å². The summed E-state index contributed by atoms with van der Waals surface area (Å²) < 4.78 is 62.9. The first-order valence-electron chi connectivity index (χ1n) is 4.98. The fourth-order valence-electron chi connectivity index (χ4n) is 1.39. The van der Waals surface area contributed by atoms with Gasteiger partial charge in [0, 0.05) is 7.05 Å². The lowest BCUT2D eigenvalue weighted by Crippen LogP contribution is -2.36. The van der Waals surface area contributed by atoms with Crippen LogP contribution in [0.5, 0.6) is 0 Å². The summed E-state index contributed by atoms with van der Waals surface area (Å²) in [5.41, 5.74) is -2.22. The maximum atomic E-state index is 13.4. The van der Waals surface area contributed by atoms with Crippen molar-refractivity contribution in [3.63, 3.8) is 0 Å². The van der Waals surface area contributed by atoms with Gasteiger partial charge in [-0.2, -0.15) is 17.6 Å². The van der Waals surface area contributed by atoms with E-state index in [-0.39, 0.29) is 17.0 Å². The highest BCUT2D eigenvalue weighted by molar-refractivity contribution is 5.94.